The maximum Gasteiger partial charge on any atom is 0.227 e. The molecule has 0 aromatic heterocycles. The summed E-state index contributed by atoms with van der Waals surface area (Å²) in [6.45, 7) is 2.34. The van der Waals surface area contributed by atoms with Crippen LogP contribution in [-0.2, 0) is 4.79 Å². The van der Waals surface area contributed by atoms with Crippen molar-refractivity contribution in [1.82, 2.24) is 0 Å². The Balaban J connectivity index is 2.11. The number of aryl methyl sites for hydroxylation is 1. The van der Waals surface area contributed by atoms with E-state index in [1.54, 1.807) is 0 Å². The van der Waals surface area contributed by atoms with E-state index >= 15 is 0 Å². The molecule has 0 saturated heterocycles. The number of hydrogen-bond donors (Lipinski definition) is 2. The van der Waals surface area contributed by atoms with Gasteiger partial charge in [0.1, 0.15) is 0 Å². The number of hydrogen-bond acceptors (Lipinski definition) is 2. The normalized spacial score (nSPS) is 14.3. The van der Waals surface area contributed by atoms with Crippen molar-refractivity contribution in [2.45, 2.75) is 26.2 Å². The van der Waals surface area contributed by atoms with Gasteiger partial charge in [0.25, 0.3) is 0 Å². The molecule has 0 heterocycles. The van der Waals surface area contributed by atoms with Gasteiger partial charge in [0.2, 0.25) is 5.91 Å². The van der Waals surface area contributed by atoms with Gasteiger partial charge in [0.15, 0.2) is 0 Å². The molecule has 0 atom stereocenters. The third-order valence-electron chi connectivity index (χ3n) is 3.16. The monoisotopic (exact) mass is 242 g/mol. The number of carbonyl (C=O) groups is 1. The fourth-order valence-corrected chi connectivity index (χ4v) is 2.00. The highest BCUT2D eigenvalue weighted by Crippen LogP contribution is 2.27. The average molecular weight is 242 g/mol. The van der Waals surface area contributed by atoms with Crippen molar-refractivity contribution >= 4 is 11.6 Å². The summed E-state index contributed by atoms with van der Waals surface area (Å²) in [7, 11) is 0. The van der Waals surface area contributed by atoms with Crippen LogP contribution in [-0.4, -0.2) is 12.5 Å². The first-order valence-electron chi connectivity index (χ1n) is 6.30. The van der Waals surface area contributed by atoms with Gasteiger partial charge in [0.05, 0.1) is 6.54 Å². The number of amides is 1. The quantitative estimate of drug-likeness (QED) is 0.780. The predicted octanol–water partition coefficient (Wildman–Crippen LogP) is 2.04. The van der Waals surface area contributed by atoms with E-state index in [4.69, 9.17) is 5.73 Å². The Morgan fingerprint density at radius 3 is 2.83 bits per heavy atom. The number of anilines is 1. The van der Waals surface area contributed by atoms with Crippen LogP contribution in [0.15, 0.2) is 18.2 Å². The zero-order valence-electron chi connectivity index (χ0n) is 10.6. The molecule has 0 bridgehead atoms. The lowest BCUT2D eigenvalue weighted by molar-refractivity contribution is -0.122. The summed E-state index contributed by atoms with van der Waals surface area (Å²) in [5.74, 6) is 6.14. The summed E-state index contributed by atoms with van der Waals surface area (Å²) in [4.78, 5) is 11.9. The first-order valence-corrected chi connectivity index (χ1v) is 6.30. The molecule has 1 aliphatic carbocycles. The molecule has 1 fully saturated rings. The zero-order chi connectivity index (χ0) is 13.0. The van der Waals surface area contributed by atoms with Crippen molar-refractivity contribution in [3.63, 3.8) is 0 Å². The number of nitrogens with one attached hydrogen (secondary N) is 1. The first-order chi connectivity index (χ1) is 8.69. The van der Waals surface area contributed by atoms with Crippen molar-refractivity contribution in [3.05, 3.63) is 29.3 Å². The smallest absolute Gasteiger partial charge is 0.227 e. The van der Waals surface area contributed by atoms with E-state index in [1.165, 1.54) is 6.42 Å². The van der Waals surface area contributed by atoms with Crippen LogP contribution in [0.4, 0.5) is 5.69 Å². The fraction of sp³-hybridized carbons (Fsp3) is 0.400. The van der Waals surface area contributed by atoms with Crippen molar-refractivity contribution < 1.29 is 4.79 Å². The summed E-state index contributed by atoms with van der Waals surface area (Å²) >= 11 is 0. The molecule has 1 aromatic carbocycles. The van der Waals surface area contributed by atoms with E-state index in [0.29, 0.717) is 6.54 Å². The van der Waals surface area contributed by atoms with Crippen molar-refractivity contribution in [3.8, 4) is 11.8 Å². The molecule has 1 amide bonds. The van der Waals surface area contributed by atoms with E-state index in [-0.39, 0.29) is 11.8 Å². The number of benzene rings is 1. The SMILES string of the molecule is Cc1cc(C#CCN)cc(NC(=O)C2CCC2)c1. The Morgan fingerprint density at radius 1 is 1.44 bits per heavy atom. The molecule has 94 valence electrons. The molecule has 18 heavy (non-hydrogen) atoms. The summed E-state index contributed by atoms with van der Waals surface area (Å²) in [6.07, 6.45) is 3.19. The summed E-state index contributed by atoms with van der Waals surface area (Å²) in [5, 5.41) is 2.96. The molecular weight excluding hydrogens is 224 g/mol. The van der Waals surface area contributed by atoms with Gasteiger partial charge in [-0.05, 0) is 43.5 Å². The van der Waals surface area contributed by atoms with Crippen LogP contribution in [0.3, 0.4) is 0 Å². The third kappa shape index (κ3) is 3.12. The van der Waals surface area contributed by atoms with Gasteiger partial charge in [-0.15, -0.1) is 0 Å². The standard InChI is InChI=1S/C15H18N2O/c1-11-8-12(4-3-7-16)10-14(9-11)17-15(18)13-5-2-6-13/h8-10,13H,2,5-7,16H2,1H3,(H,17,18). The van der Waals surface area contributed by atoms with Crippen LogP contribution in [0.25, 0.3) is 0 Å². The minimum Gasteiger partial charge on any atom is -0.326 e. The van der Waals surface area contributed by atoms with Gasteiger partial charge in [-0.1, -0.05) is 18.3 Å². The maximum absolute atomic E-state index is 11.9. The Bertz CT molecular complexity index is 507. The Hall–Kier alpha value is -1.79. The third-order valence-corrected chi connectivity index (χ3v) is 3.16. The minimum atomic E-state index is 0.129. The second-order valence-electron chi connectivity index (χ2n) is 4.71. The van der Waals surface area contributed by atoms with E-state index in [1.807, 2.05) is 25.1 Å². The molecule has 0 aliphatic heterocycles. The van der Waals surface area contributed by atoms with E-state index in [9.17, 15) is 4.79 Å². The Labute approximate surface area is 108 Å². The molecular formula is C15H18N2O. The molecule has 1 aromatic rings. The topological polar surface area (TPSA) is 55.1 Å². The lowest BCUT2D eigenvalue weighted by Gasteiger charge is -2.24. The molecule has 0 spiro atoms. The van der Waals surface area contributed by atoms with E-state index in [0.717, 1.165) is 29.7 Å². The first kappa shape index (κ1) is 12.7. The van der Waals surface area contributed by atoms with Crippen LogP contribution < -0.4 is 11.1 Å². The summed E-state index contributed by atoms with van der Waals surface area (Å²) in [6, 6.07) is 5.85. The number of nitrogens with two attached hydrogens (primary N) is 1. The maximum atomic E-state index is 11.9. The lowest BCUT2D eigenvalue weighted by Crippen LogP contribution is -2.28. The van der Waals surface area contributed by atoms with Crippen LogP contribution >= 0.6 is 0 Å². The molecule has 0 radical (unpaired) electrons. The molecule has 3 nitrogen and oxygen atoms in total. The van der Waals surface area contributed by atoms with E-state index < -0.39 is 0 Å². The van der Waals surface area contributed by atoms with Gasteiger partial charge in [0, 0.05) is 17.2 Å². The van der Waals surface area contributed by atoms with Crippen molar-refractivity contribution in [2.75, 3.05) is 11.9 Å². The highest BCUT2D eigenvalue weighted by molar-refractivity contribution is 5.93. The van der Waals surface area contributed by atoms with Gasteiger partial charge >= 0.3 is 0 Å². The lowest BCUT2D eigenvalue weighted by atomic mass is 9.85. The Kier molecular flexibility index (Phi) is 4.01. The fourth-order valence-electron chi connectivity index (χ4n) is 2.00. The van der Waals surface area contributed by atoms with Gasteiger partial charge in [-0.3, -0.25) is 4.79 Å². The number of carbonyl (C=O) groups excluding carboxylic acids is 1. The number of rotatable bonds is 2. The van der Waals surface area contributed by atoms with Gasteiger partial charge in [-0.25, -0.2) is 0 Å². The highest BCUT2D eigenvalue weighted by atomic mass is 16.1. The van der Waals surface area contributed by atoms with Gasteiger partial charge < -0.3 is 11.1 Å². The second kappa shape index (κ2) is 5.70. The molecule has 0 unspecified atom stereocenters. The largest absolute Gasteiger partial charge is 0.326 e. The van der Waals surface area contributed by atoms with E-state index in [2.05, 4.69) is 17.2 Å². The van der Waals surface area contributed by atoms with Crippen LogP contribution in [0.5, 0.6) is 0 Å². The molecule has 3 heteroatoms. The van der Waals surface area contributed by atoms with Gasteiger partial charge in [-0.2, -0.15) is 0 Å². The molecule has 1 aliphatic rings. The molecule has 3 N–H and O–H groups in total. The van der Waals surface area contributed by atoms with Crippen LogP contribution in [0.2, 0.25) is 0 Å². The highest BCUT2D eigenvalue weighted by Gasteiger charge is 2.25. The summed E-state index contributed by atoms with van der Waals surface area (Å²) < 4.78 is 0. The second-order valence-corrected chi connectivity index (χ2v) is 4.71. The van der Waals surface area contributed by atoms with Crippen molar-refractivity contribution in [1.29, 1.82) is 0 Å². The molecule has 1 saturated carbocycles. The average Bonchev–Trinajstić information content (AvgIpc) is 2.22. The summed E-state index contributed by atoms with van der Waals surface area (Å²) in [5.41, 5.74) is 8.16. The zero-order valence-corrected chi connectivity index (χ0v) is 10.6. The predicted molar refractivity (Wildman–Crippen MR) is 73.1 cm³/mol. The van der Waals surface area contributed by atoms with Crippen LogP contribution in [0.1, 0.15) is 30.4 Å². The van der Waals surface area contributed by atoms with Crippen LogP contribution in [0, 0.1) is 24.7 Å². The Morgan fingerprint density at radius 2 is 2.22 bits per heavy atom. The van der Waals surface area contributed by atoms with Crippen molar-refractivity contribution in [2.24, 2.45) is 11.7 Å². The molecule has 2 rings (SSSR count). The minimum absolute atomic E-state index is 0.129.